The smallest absolute Gasteiger partial charge is 0.335 e. The summed E-state index contributed by atoms with van der Waals surface area (Å²) in [6, 6.07) is 5.18. The average Bonchev–Trinajstić information content (AvgIpc) is 2.48. The fraction of sp³-hybridized carbons (Fsp3) is 0.294. The number of rotatable bonds is 6. The highest BCUT2D eigenvalue weighted by Gasteiger charge is 2.11. The Morgan fingerprint density at radius 3 is 2.65 bits per heavy atom. The maximum absolute atomic E-state index is 13.9. The van der Waals surface area contributed by atoms with Crippen molar-refractivity contribution in [2.45, 2.75) is 20.0 Å². The van der Waals surface area contributed by atoms with Gasteiger partial charge in [-0.2, -0.15) is 0 Å². The van der Waals surface area contributed by atoms with Gasteiger partial charge in [0.15, 0.2) is 0 Å². The summed E-state index contributed by atoms with van der Waals surface area (Å²) < 4.78 is 13.9. The van der Waals surface area contributed by atoms with E-state index in [1.807, 2.05) is 25.1 Å². The van der Waals surface area contributed by atoms with Gasteiger partial charge in [-0.3, -0.25) is 4.98 Å². The third-order valence-corrected chi connectivity index (χ3v) is 3.62. The number of aromatic carboxylic acids is 1. The molecule has 122 valence electrons. The summed E-state index contributed by atoms with van der Waals surface area (Å²) in [6.07, 6.45) is 2.84. The molecule has 0 aliphatic heterocycles. The third-order valence-electron chi connectivity index (χ3n) is 3.62. The lowest BCUT2D eigenvalue weighted by atomic mass is 10.1. The van der Waals surface area contributed by atoms with Gasteiger partial charge in [0.1, 0.15) is 5.82 Å². The first-order valence-electron chi connectivity index (χ1n) is 7.23. The first kappa shape index (κ1) is 16.9. The average molecular weight is 317 g/mol. The fourth-order valence-corrected chi connectivity index (χ4v) is 2.42. The van der Waals surface area contributed by atoms with E-state index in [9.17, 15) is 9.18 Å². The number of aryl methyl sites for hydroxylation is 1. The molecule has 6 heteroatoms. The monoisotopic (exact) mass is 317 g/mol. The van der Waals surface area contributed by atoms with Gasteiger partial charge in [-0.15, -0.1) is 0 Å². The van der Waals surface area contributed by atoms with Crippen molar-refractivity contribution in [1.82, 2.24) is 10.3 Å². The molecule has 2 aromatic rings. The zero-order valence-electron chi connectivity index (χ0n) is 13.4. The Balaban J connectivity index is 2.06. The van der Waals surface area contributed by atoms with Gasteiger partial charge >= 0.3 is 5.97 Å². The van der Waals surface area contributed by atoms with Crippen molar-refractivity contribution in [3.63, 3.8) is 0 Å². The van der Waals surface area contributed by atoms with Crippen LogP contribution in [0.25, 0.3) is 0 Å². The van der Waals surface area contributed by atoms with Crippen molar-refractivity contribution in [2.24, 2.45) is 0 Å². The quantitative estimate of drug-likeness (QED) is 0.857. The topological polar surface area (TPSA) is 65.5 Å². The van der Waals surface area contributed by atoms with E-state index in [4.69, 9.17) is 5.11 Å². The number of pyridine rings is 1. The summed E-state index contributed by atoms with van der Waals surface area (Å²) in [6.45, 7) is 2.65. The van der Waals surface area contributed by atoms with E-state index in [0.29, 0.717) is 29.8 Å². The highest BCUT2D eigenvalue weighted by molar-refractivity contribution is 5.89. The van der Waals surface area contributed by atoms with Gasteiger partial charge < -0.3 is 15.3 Å². The van der Waals surface area contributed by atoms with Crippen LogP contribution in [0.4, 0.5) is 10.1 Å². The lowest BCUT2D eigenvalue weighted by Gasteiger charge is -2.17. The predicted molar refractivity (Wildman–Crippen MR) is 87.2 cm³/mol. The van der Waals surface area contributed by atoms with Crippen molar-refractivity contribution in [2.75, 3.05) is 19.0 Å². The lowest BCUT2D eigenvalue weighted by Crippen LogP contribution is -2.19. The van der Waals surface area contributed by atoms with Crippen LogP contribution in [0.2, 0.25) is 0 Å². The van der Waals surface area contributed by atoms with E-state index in [2.05, 4.69) is 10.3 Å². The van der Waals surface area contributed by atoms with Gasteiger partial charge in [-0.1, -0.05) is 12.1 Å². The van der Waals surface area contributed by atoms with Gasteiger partial charge in [-0.05, 0) is 24.1 Å². The molecule has 0 radical (unpaired) electrons. The van der Waals surface area contributed by atoms with Crippen LogP contribution >= 0.6 is 0 Å². The van der Waals surface area contributed by atoms with Gasteiger partial charge in [-0.25, -0.2) is 9.18 Å². The summed E-state index contributed by atoms with van der Waals surface area (Å²) in [7, 11) is 3.68. The number of carboxylic acids is 1. The second-order valence-electron chi connectivity index (χ2n) is 5.57. The normalized spacial score (nSPS) is 10.6. The Bertz CT molecular complexity index is 717. The number of carboxylic acid groups (broad SMARTS) is 1. The van der Waals surface area contributed by atoms with Crippen molar-refractivity contribution >= 4 is 11.7 Å². The molecule has 0 atom stereocenters. The van der Waals surface area contributed by atoms with E-state index >= 15 is 0 Å². The van der Waals surface area contributed by atoms with Crippen LogP contribution in [0.3, 0.4) is 0 Å². The SMILES string of the molecule is Cc1cc(CNCc2c(F)cncc2N(C)C)ccc1C(=O)O. The van der Waals surface area contributed by atoms with E-state index < -0.39 is 5.97 Å². The minimum absolute atomic E-state index is 0.295. The van der Waals surface area contributed by atoms with E-state index in [0.717, 1.165) is 11.3 Å². The molecule has 1 aromatic heterocycles. The van der Waals surface area contributed by atoms with Crippen LogP contribution in [0.15, 0.2) is 30.6 Å². The second kappa shape index (κ2) is 7.19. The number of hydrogen-bond donors (Lipinski definition) is 2. The molecule has 2 N–H and O–H groups in total. The Hall–Kier alpha value is -2.47. The molecule has 0 saturated carbocycles. The molecular formula is C17H20FN3O2. The summed E-state index contributed by atoms with van der Waals surface area (Å²) in [5, 5.41) is 12.2. The molecule has 0 saturated heterocycles. The first-order valence-corrected chi connectivity index (χ1v) is 7.23. The van der Waals surface area contributed by atoms with Crippen LogP contribution < -0.4 is 10.2 Å². The van der Waals surface area contributed by atoms with Crippen LogP contribution in [-0.2, 0) is 13.1 Å². The van der Waals surface area contributed by atoms with Gasteiger partial charge in [0.05, 0.1) is 23.6 Å². The van der Waals surface area contributed by atoms with Crippen LogP contribution in [0.1, 0.15) is 27.0 Å². The standard InChI is InChI=1S/C17H20FN3O2/c1-11-6-12(4-5-13(11)17(22)23)7-19-8-14-15(18)9-20-10-16(14)21(2)3/h4-6,9-10,19H,7-8H2,1-3H3,(H,22,23). The number of aromatic nitrogens is 1. The second-order valence-corrected chi connectivity index (χ2v) is 5.57. The van der Waals surface area contributed by atoms with E-state index in [1.54, 1.807) is 25.3 Å². The zero-order valence-corrected chi connectivity index (χ0v) is 13.4. The predicted octanol–water partition coefficient (Wildman–Crippen LogP) is 2.58. The van der Waals surface area contributed by atoms with Gasteiger partial charge in [0.25, 0.3) is 0 Å². The number of benzene rings is 1. The number of carbonyl (C=O) groups is 1. The number of nitrogens with one attached hydrogen (secondary N) is 1. The molecule has 5 nitrogen and oxygen atoms in total. The highest BCUT2D eigenvalue weighted by Crippen LogP contribution is 2.20. The molecule has 0 bridgehead atoms. The van der Waals surface area contributed by atoms with E-state index in [1.165, 1.54) is 6.20 Å². The highest BCUT2D eigenvalue weighted by atomic mass is 19.1. The molecular weight excluding hydrogens is 297 g/mol. The number of anilines is 1. The van der Waals surface area contributed by atoms with Crippen molar-refractivity contribution in [1.29, 1.82) is 0 Å². The van der Waals surface area contributed by atoms with Crippen LogP contribution in [0, 0.1) is 12.7 Å². The molecule has 2 rings (SSSR count). The summed E-state index contributed by atoms with van der Waals surface area (Å²) in [5.74, 6) is -1.28. The molecule has 0 unspecified atom stereocenters. The minimum Gasteiger partial charge on any atom is -0.478 e. The third kappa shape index (κ3) is 4.04. The van der Waals surface area contributed by atoms with Crippen molar-refractivity contribution in [3.05, 3.63) is 58.7 Å². The number of halogens is 1. The molecule has 0 amide bonds. The Morgan fingerprint density at radius 2 is 2.04 bits per heavy atom. The summed E-state index contributed by atoms with van der Waals surface area (Å²) in [5.41, 5.74) is 3.25. The molecule has 0 aliphatic carbocycles. The number of nitrogens with zero attached hydrogens (tertiary/aromatic N) is 2. The fourth-order valence-electron chi connectivity index (χ4n) is 2.42. The van der Waals surface area contributed by atoms with Gasteiger partial charge in [0.2, 0.25) is 0 Å². The zero-order chi connectivity index (χ0) is 17.0. The summed E-state index contributed by atoms with van der Waals surface area (Å²) in [4.78, 5) is 16.7. The molecule has 0 fully saturated rings. The first-order chi connectivity index (χ1) is 10.9. The molecule has 23 heavy (non-hydrogen) atoms. The molecule has 1 aromatic carbocycles. The van der Waals surface area contributed by atoms with Crippen molar-refractivity contribution in [3.8, 4) is 0 Å². The lowest BCUT2D eigenvalue weighted by molar-refractivity contribution is 0.0696. The Morgan fingerprint density at radius 1 is 1.30 bits per heavy atom. The van der Waals surface area contributed by atoms with Gasteiger partial charge in [0, 0.05) is 32.7 Å². The number of hydrogen-bond acceptors (Lipinski definition) is 4. The van der Waals surface area contributed by atoms with Crippen molar-refractivity contribution < 1.29 is 14.3 Å². The largest absolute Gasteiger partial charge is 0.478 e. The van der Waals surface area contributed by atoms with Crippen LogP contribution in [0.5, 0.6) is 0 Å². The molecule has 0 spiro atoms. The summed E-state index contributed by atoms with van der Waals surface area (Å²) >= 11 is 0. The minimum atomic E-state index is -0.934. The van der Waals surface area contributed by atoms with E-state index in [-0.39, 0.29) is 5.82 Å². The van der Waals surface area contributed by atoms with Crippen LogP contribution in [-0.4, -0.2) is 30.2 Å². The Labute approximate surface area is 134 Å². The molecule has 0 aliphatic rings. The maximum atomic E-state index is 13.9. The maximum Gasteiger partial charge on any atom is 0.335 e. The molecule has 1 heterocycles. The Kier molecular flexibility index (Phi) is 5.28.